The Hall–Kier alpha value is -1.63. The minimum Gasteiger partial charge on any atom is -0.325 e. The predicted molar refractivity (Wildman–Crippen MR) is 70.2 cm³/mol. The number of carbonyl (C=O) groups excluding carboxylic acids is 1. The van der Waals surface area contributed by atoms with E-state index in [2.05, 4.69) is 10.6 Å². The Morgan fingerprint density at radius 2 is 2.10 bits per heavy atom. The Morgan fingerprint density at radius 3 is 2.71 bits per heavy atom. The van der Waals surface area contributed by atoms with E-state index >= 15 is 0 Å². The first-order chi connectivity index (χ1) is 9.77. The van der Waals surface area contributed by atoms with Crippen LogP contribution < -0.4 is 10.6 Å². The fourth-order valence-electron chi connectivity index (χ4n) is 2.36. The lowest BCUT2D eigenvalue weighted by molar-refractivity contribution is -0.140. The molecule has 0 radical (unpaired) electrons. The normalized spacial score (nSPS) is 22.9. The zero-order chi connectivity index (χ0) is 15.6. The van der Waals surface area contributed by atoms with Crippen LogP contribution in [0.3, 0.4) is 0 Å². The third-order valence-electron chi connectivity index (χ3n) is 3.52. The molecule has 3 nitrogen and oxygen atoms in total. The smallest absolute Gasteiger partial charge is 0.325 e. The number of anilines is 1. The van der Waals surface area contributed by atoms with E-state index in [1.165, 1.54) is 0 Å². The van der Waals surface area contributed by atoms with Crippen molar-refractivity contribution in [1.82, 2.24) is 5.32 Å². The van der Waals surface area contributed by atoms with Crippen LogP contribution >= 0.6 is 0 Å². The minimum absolute atomic E-state index is 0.0613. The predicted octanol–water partition coefficient (Wildman–Crippen LogP) is 3.17. The van der Waals surface area contributed by atoms with E-state index in [0.29, 0.717) is 31.0 Å². The van der Waals surface area contributed by atoms with Gasteiger partial charge in [0.25, 0.3) is 0 Å². The molecule has 21 heavy (non-hydrogen) atoms. The Morgan fingerprint density at radius 1 is 1.38 bits per heavy atom. The summed E-state index contributed by atoms with van der Waals surface area (Å²) in [6, 6.07) is 2.00. The molecular formula is C14H16F4N2O. The van der Waals surface area contributed by atoms with Gasteiger partial charge in [0.15, 0.2) is 0 Å². The monoisotopic (exact) mass is 304 g/mol. The largest absolute Gasteiger partial charge is 0.419 e. The summed E-state index contributed by atoms with van der Waals surface area (Å²) in [4.78, 5) is 12.0. The number of rotatable bonds is 2. The second-order valence-electron chi connectivity index (χ2n) is 5.32. The summed E-state index contributed by atoms with van der Waals surface area (Å²) in [7, 11) is 0. The van der Waals surface area contributed by atoms with Crippen molar-refractivity contribution in [2.75, 3.05) is 11.9 Å². The van der Waals surface area contributed by atoms with Crippen LogP contribution in [0.5, 0.6) is 0 Å². The molecule has 0 bridgehead atoms. The number of hydrogen-bond acceptors (Lipinski definition) is 2. The molecule has 0 saturated carbocycles. The number of benzene rings is 1. The fraction of sp³-hybridized carbons (Fsp3) is 0.500. The number of hydrogen-bond donors (Lipinski definition) is 2. The number of amides is 1. The maximum absolute atomic E-state index is 13.2. The van der Waals surface area contributed by atoms with Crippen LogP contribution in [-0.4, -0.2) is 18.5 Å². The first-order valence-electron chi connectivity index (χ1n) is 6.68. The molecule has 1 saturated heterocycles. The van der Waals surface area contributed by atoms with Gasteiger partial charge in [-0.3, -0.25) is 4.79 Å². The lowest BCUT2D eigenvalue weighted by Crippen LogP contribution is -2.45. The summed E-state index contributed by atoms with van der Waals surface area (Å²) in [5, 5.41) is 5.42. The van der Waals surface area contributed by atoms with Crippen molar-refractivity contribution in [3.8, 4) is 0 Å². The Bertz CT molecular complexity index is 530. The molecule has 2 unspecified atom stereocenters. The van der Waals surface area contributed by atoms with Crippen LogP contribution in [0.1, 0.15) is 25.3 Å². The van der Waals surface area contributed by atoms with Crippen LogP contribution in [0.2, 0.25) is 0 Å². The third kappa shape index (κ3) is 3.93. The maximum atomic E-state index is 13.2. The topological polar surface area (TPSA) is 41.1 Å². The van der Waals surface area contributed by atoms with Crippen LogP contribution in [-0.2, 0) is 11.0 Å². The molecule has 2 N–H and O–H groups in total. The summed E-state index contributed by atoms with van der Waals surface area (Å²) in [5.41, 5.74) is -1.45. The summed E-state index contributed by atoms with van der Waals surface area (Å²) in [6.45, 7) is 2.71. The molecule has 1 fully saturated rings. The zero-order valence-corrected chi connectivity index (χ0v) is 11.4. The van der Waals surface area contributed by atoms with E-state index in [4.69, 9.17) is 0 Å². The molecule has 7 heteroatoms. The van der Waals surface area contributed by atoms with E-state index in [9.17, 15) is 22.4 Å². The van der Waals surface area contributed by atoms with Gasteiger partial charge in [-0.2, -0.15) is 13.2 Å². The van der Waals surface area contributed by atoms with Gasteiger partial charge in [-0.25, -0.2) is 4.39 Å². The average molecular weight is 304 g/mol. The number of nitrogens with one attached hydrogen (secondary N) is 2. The van der Waals surface area contributed by atoms with Crippen molar-refractivity contribution in [3.05, 3.63) is 29.6 Å². The third-order valence-corrected chi connectivity index (χ3v) is 3.52. The first kappa shape index (κ1) is 15.8. The quantitative estimate of drug-likeness (QED) is 0.824. The summed E-state index contributed by atoms with van der Waals surface area (Å²) < 4.78 is 51.0. The molecular weight excluding hydrogens is 288 g/mol. The molecule has 1 aromatic carbocycles. The van der Waals surface area contributed by atoms with E-state index in [0.717, 1.165) is 12.5 Å². The molecule has 2 atom stereocenters. The van der Waals surface area contributed by atoms with Crippen LogP contribution in [0, 0.1) is 11.7 Å². The average Bonchev–Trinajstić information content (AvgIpc) is 2.39. The molecule has 1 aliphatic rings. The second kappa shape index (κ2) is 6.01. The number of alkyl halides is 3. The lowest BCUT2D eigenvalue weighted by Gasteiger charge is -2.27. The summed E-state index contributed by atoms with van der Waals surface area (Å²) in [6.07, 6.45) is -3.21. The Kier molecular flexibility index (Phi) is 4.51. The van der Waals surface area contributed by atoms with Crippen molar-refractivity contribution >= 4 is 11.6 Å². The van der Waals surface area contributed by atoms with Crippen molar-refractivity contribution in [3.63, 3.8) is 0 Å². The number of piperidine rings is 1. The number of halogens is 4. The fourth-order valence-corrected chi connectivity index (χ4v) is 2.36. The van der Waals surface area contributed by atoms with Gasteiger partial charge >= 0.3 is 6.18 Å². The van der Waals surface area contributed by atoms with Gasteiger partial charge in [0.1, 0.15) is 5.82 Å². The molecule has 1 aromatic rings. The number of carbonyl (C=O) groups is 1. The van der Waals surface area contributed by atoms with Crippen molar-refractivity contribution in [2.45, 2.75) is 32.0 Å². The standard InChI is InChI=1S/C14H16F4N2O/c1-8-4-5-19-12(6-8)13(21)20-9-2-3-11(15)10(7-9)14(16,17)18/h2-3,7-8,12,19H,4-6H2,1H3,(H,20,21). The highest BCUT2D eigenvalue weighted by Crippen LogP contribution is 2.33. The van der Waals surface area contributed by atoms with Gasteiger partial charge in [0.2, 0.25) is 5.91 Å². The molecule has 1 aliphatic heterocycles. The SMILES string of the molecule is CC1CCNC(C(=O)Nc2ccc(F)c(C(F)(F)F)c2)C1. The molecule has 1 heterocycles. The van der Waals surface area contributed by atoms with E-state index < -0.39 is 29.5 Å². The Labute approximate surface area is 119 Å². The first-order valence-corrected chi connectivity index (χ1v) is 6.68. The highest BCUT2D eigenvalue weighted by atomic mass is 19.4. The van der Waals surface area contributed by atoms with Crippen molar-refractivity contribution in [2.24, 2.45) is 5.92 Å². The molecule has 0 spiro atoms. The van der Waals surface area contributed by atoms with Crippen molar-refractivity contribution < 1.29 is 22.4 Å². The summed E-state index contributed by atoms with van der Waals surface area (Å²) in [5.74, 6) is -1.38. The van der Waals surface area contributed by atoms with Crippen molar-refractivity contribution in [1.29, 1.82) is 0 Å². The van der Waals surface area contributed by atoms with Crippen LogP contribution in [0.4, 0.5) is 23.2 Å². The molecule has 116 valence electrons. The Balaban J connectivity index is 2.11. The van der Waals surface area contributed by atoms with Gasteiger partial charge in [-0.15, -0.1) is 0 Å². The van der Waals surface area contributed by atoms with Crippen LogP contribution in [0.25, 0.3) is 0 Å². The lowest BCUT2D eigenvalue weighted by atomic mass is 9.94. The second-order valence-corrected chi connectivity index (χ2v) is 5.32. The highest BCUT2D eigenvalue weighted by Gasteiger charge is 2.34. The van der Waals surface area contributed by atoms with E-state index in [1.54, 1.807) is 0 Å². The molecule has 0 aliphatic carbocycles. The molecule has 0 aromatic heterocycles. The highest BCUT2D eigenvalue weighted by molar-refractivity contribution is 5.95. The van der Waals surface area contributed by atoms with Gasteiger partial charge < -0.3 is 10.6 Å². The summed E-state index contributed by atoms with van der Waals surface area (Å²) >= 11 is 0. The maximum Gasteiger partial charge on any atom is 0.419 e. The van der Waals surface area contributed by atoms with E-state index in [-0.39, 0.29) is 5.69 Å². The molecule has 2 rings (SSSR count). The van der Waals surface area contributed by atoms with Gasteiger partial charge in [-0.05, 0) is 43.5 Å². The van der Waals surface area contributed by atoms with Gasteiger partial charge in [-0.1, -0.05) is 6.92 Å². The van der Waals surface area contributed by atoms with E-state index in [1.807, 2.05) is 6.92 Å². The van der Waals surface area contributed by atoms with Gasteiger partial charge in [0.05, 0.1) is 11.6 Å². The van der Waals surface area contributed by atoms with Crippen LogP contribution in [0.15, 0.2) is 18.2 Å². The zero-order valence-electron chi connectivity index (χ0n) is 11.4. The van der Waals surface area contributed by atoms with Gasteiger partial charge in [0, 0.05) is 5.69 Å². The molecule has 1 amide bonds. The minimum atomic E-state index is -4.79.